The van der Waals surface area contributed by atoms with Crippen molar-refractivity contribution in [1.82, 2.24) is 19.9 Å². The Kier molecular flexibility index (Phi) is 5.10. The number of aliphatic hydroxyl groups is 1. The lowest BCUT2D eigenvalue weighted by Gasteiger charge is -2.39. The topological polar surface area (TPSA) is 74.6 Å². The zero-order valence-corrected chi connectivity index (χ0v) is 17.2. The molecule has 2 unspecified atom stereocenters. The lowest BCUT2D eigenvalue weighted by Crippen LogP contribution is -2.47. The van der Waals surface area contributed by atoms with Crippen LogP contribution in [0, 0.1) is 0 Å². The number of nitrogens with zero attached hydrogens (tertiary/aromatic N) is 5. The fraction of sp³-hybridized carbons (Fsp3) is 0.435. The largest absolute Gasteiger partial charge is 0.383 e. The van der Waals surface area contributed by atoms with Crippen molar-refractivity contribution in [3.05, 3.63) is 60.0 Å². The number of hydrogen-bond acceptors (Lipinski definition) is 7. The smallest absolute Gasteiger partial charge is 0.128 e. The van der Waals surface area contributed by atoms with E-state index in [4.69, 9.17) is 4.74 Å². The number of anilines is 1. The normalized spacial score (nSPS) is 23.7. The molecule has 2 saturated heterocycles. The molecule has 2 aliphatic rings. The maximum absolute atomic E-state index is 10.6. The molecule has 3 aromatic rings. The van der Waals surface area contributed by atoms with Crippen molar-refractivity contribution < 1.29 is 9.84 Å². The number of piperazine rings is 1. The molecule has 0 bridgehead atoms. The summed E-state index contributed by atoms with van der Waals surface area (Å²) in [6.07, 6.45) is 5.90. The summed E-state index contributed by atoms with van der Waals surface area (Å²) < 4.78 is 5.35. The molecule has 5 rings (SSSR count). The average Bonchev–Trinajstić information content (AvgIpc) is 3.26. The molecule has 2 atom stereocenters. The fourth-order valence-corrected chi connectivity index (χ4v) is 4.42. The van der Waals surface area contributed by atoms with Gasteiger partial charge >= 0.3 is 0 Å². The Hall–Kier alpha value is -2.61. The van der Waals surface area contributed by atoms with E-state index < -0.39 is 5.60 Å². The third kappa shape index (κ3) is 3.64. The van der Waals surface area contributed by atoms with Crippen LogP contribution in [0.4, 0.5) is 5.82 Å². The maximum Gasteiger partial charge on any atom is 0.128 e. The first kappa shape index (κ1) is 19.4. The van der Waals surface area contributed by atoms with Crippen molar-refractivity contribution in [3.8, 4) is 0 Å². The minimum atomic E-state index is -0.885. The van der Waals surface area contributed by atoms with Gasteiger partial charge in [-0.05, 0) is 30.7 Å². The summed E-state index contributed by atoms with van der Waals surface area (Å²) in [7, 11) is 0. The zero-order chi connectivity index (χ0) is 20.6. The third-order valence-corrected chi connectivity index (χ3v) is 6.45. The van der Waals surface area contributed by atoms with E-state index in [1.807, 2.05) is 12.1 Å². The molecule has 4 heterocycles. The van der Waals surface area contributed by atoms with Gasteiger partial charge in [0.25, 0.3) is 0 Å². The Bertz CT molecular complexity index is 1010. The highest BCUT2D eigenvalue weighted by Crippen LogP contribution is 2.31. The summed E-state index contributed by atoms with van der Waals surface area (Å²) in [4.78, 5) is 18.2. The van der Waals surface area contributed by atoms with Gasteiger partial charge in [-0.1, -0.05) is 12.1 Å². The van der Waals surface area contributed by atoms with Gasteiger partial charge in [0.2, 0.25) is 0 Å². The molecular formula is C23H27N5O2. The van der Waals surface area contributed by atoms with Gasteiger partial charge < -0.3 is 14.7 Å². The molecule has 30 heavy (non-hydrogen) atoms. The van der Waals surface area contributed by atoms with E-state index in [2.05, 4.69) is 49.9 Å². The van der Waals surface area contributed by atoms with Gasteiger partial charge in [0.05, 0.1) is 17.6 Å². The summed E-state index contributed by atoms with van der Waals surface area (Å²) in [5.41, 5.74) is 3.10. The van der Waals surface area contributed by atoms with E-state index >= 15 is 0 Å². The molecular weight excluding hydrogens is 378 g/mol. The quantitative estimate of drug-likeness (QED) is 0.715. The van der Waals surface area contributed by atoms with Crippen LogP contribution in [0.1, 0.15) is 30.5 Å². The van der Waals surface area contributed by atoms with Gasteiger partial charge in [0, 0.05) is 69.4 Å². The first-order valence-corrected chi connectivity index (χ1v) is 10.6. The lowest BCUT2D eigenvalue weighted by atomic mass is 9.95. The van der Waals surface area contributed by atoms with Crippen LogP contribution in [-0.2, 0) is 10.3 Å². The number of aromatic nitrogens is 3. The van der Waals surface area contributed by atoms with Crippen molar-refractivity contribution in [3.63, 3.8) is 0 Å². The molecule has 2 fully saturated rings. The van der Waals surface area contributed by atoms with E-state index in [1.165, 1.54) is 5.56 Å². The SMILES string of the molecule is CC(c1ccc2nccnc2c1)N1CCN(c2ccc(C3(O)CCOC3)cn2)CC1. The monoisotopic (exact) mass is 405 g/mol. The highest BCUT2D eigenvalue weighted by Gasteiger charge is 2.34. The van der Waals surface area contributed by atoms with Crippen LogP contribution in [0.25, 0.3) is 11.0 Å². The zero-order valence-electron chi connectivity index (χ0n) is 17.2. The Balaban J connectivity index is 1.23. The number of rotatable bonds is 4. The standard InChI is InChI=1S/C23H27N5O2/c1-17(18-2-4-20-21(14-18)25-8-7-24-20)27-9-11-28(12-10-27)22-5-3-19(15-26-22)23(29)6-13-30-16-23/h2-5,7-8,14-15,17,29H,6,9-13,16H2,1H3. The van der Waals surface area contributed by atoms with E-state index in [9.17, 15) is 5.11 Å². The average molecular weight is 406 g/mol. The lowest BCUT2D eigenvalue weighted by molar-refractivity contribution is 0.0229. The van der Waals surface area contributed by atoms with E-state index in [0.29, 0.717) is 25.7 Å². The first-order chi connectivity index (χ1) is 14.6. The molecule has 0 aliphatic carbocycles. The minimum absolute atomic E-state index is 0.325. The van der Waals surface area contributed by atoms with Crippen LogP contribution >= 0.6 is 0 Å². The predicted molar refractivity (Wildman–Crippen MR) is 115 cm³/mol. The van der Waals surface area contributed by atoms with Gasteiger partial charge in [-0.25, -0.2) is 4.98 Å². The maximum atomic E-state index is 10.6. The van der Waals surface area contributed by atoms with Gasteiger partial charge in [0.15, 0.2) is 0 Å². The van der Waals surface area contributed by atoms with Crippen molar-refractivity contribution in [2.24, 2.45) is 0 Å². The Labute approximate surface area is 176 Å². The summed E-state index contributed by atoms with van der Waals surface area (Å²) in [6.45, 7) is 7.01. The summed E-state index contributed by atoms with van der Waals surface area (Å²) in [5.74, 6) is 0.967. The van der Waals surface area contributed by atoms with Gasteiger partial charge in [-0.3, -0.25) is 14.9 Å². The second kappa shape index (κ2) is 7.91. The molecule has 1 N–H and O–H groups in total. The molecule has 0 saturated carbocycles. The second-order valence-electron chi connectivity index (χ2n) is 8.24. The highest BCUT2D eigenvalue weighted by atomic mass is 16.5. The van der Waals surface area contributed by atoms with Crippen LogP contribution in [0.3, 0.4) is 0 Å². The fourth-order valence-electron chi connectivity index (χ4n) is 4.42. The van der Waals surface area contributed by atoms with Gasteiger partial charge in [-0.2, -0.15) is 0 Å². The molecule has 0 amide bonds. The van der Waals surface area contributed by atoms with Crippen molar-refractivity contribution >= 4 is 16.9 Å². The Morgan fingerprint density at radius 1 is 1.00 bits per heavy atom. The summed E-state index contributed by atoms with van der Waals surface area (Å²) in [5, 5.41) is 10.6. The summed E-state index contributed by atoms with van der Waals surface area (Å²) >= 11 is 0. The van der Waals surface area contributed by atoms with Crippen LogP contribution in [0.15, 0.2) is 48.9 Å². The van der Waals surface area contributed by atoms with Gasteiger partial charge in [-0.15, -0.1) is 0 Å². The molecule has 0 spiro atoms. The molecule has 0 radical (unpaired) electrons. The van der Waals surface area contributed by atoms with Crippen LogP contribution in [0.5, 0.6) is 0 Å². The predicted octanol–water partition coefficient (Wildman–Crippen LogP) is 2.52. The third-order valence-electron chi connectivity index (χ3n) is 6.45. The molecule has 7 nitrogen and oxygen atoms in total. The van der Waals surface area contributed by atoms with Crippen LogP contribution in [-0.4, -0.2) is 64.4 Å². The minimum Gasteiger partial charge on any atom is -0.383 e. The number of fused-ring (bicyclic) bond motifs is 1. The number of pyridine rings is 1. The molecule has 2 aliphatic heterocycles. The van der Waals surface area contributed by atoms with Crippen molar-refractivity contribution in [2.75, 3.05) is 44.3 Å². The van der Waals surface area contributed by atoms with E-state index in [0.717, 1.165) is 48.6 Å². The molecule has 156 valence electrons. The molecule has 7 heteroatoms. The Morgan fingerprint density at radius 2 is 1.80 bits per heavy atom. The second-order valence-corrected chi connectivity index (χ2v) is 8.24. The van der Waals surface area contributed by atoms with Gasteiger partial charge in [0.1, 0.15) is 11.4 Å². The van der Waals surface area contributed by atoms with Crippen molar-refractivity contribution in [1.29, 1.82) is 0 Å². The van der Waals surface area contributed by atoms with Crippen LogP contribution in [0.2, 0.25) is 0 Å². The van der Waals surface area contributed by atoms with E-state index in [1.54, 1.807) is 18.6 Å². The highest BCUT2D eigenvalue weighted by molar-refractivity contribution is 5.74. The number of ether oxygens (including phenoxy) is 1. The molecule has 2 aromatic heterocycles. The van der Waals surface area contributed by atoms with Crippen LogP contribution < -0.4 is 4.90 Å². The number of hydrogen-bond donors (Lipinski definition) is 1. The summed E-state index contributed by atoms with van der Waals surface area (Å²) in [6, 6.07) is 10.7. The molecule has 1 aromatic carbocycles. The van der Waals surface area contributed by atoms with Crippen molar-refractivity contribution in [2.45, 2.75) is 25.0 Å². The van der Waals surface area contributed by atoms with E-state index in [-0.39, 0.29) is 0 Å². The number of benzene rings is 1. The Morgan fingerprint density at radius 3 is 2.50 bits per heavy atom. The first-order valence-electron chi connectivity index (χ1n) is 10.6.